The Hall–Kier alpha value is -3.85. The van der Waals surface area contributed by atoms with Crippen molar-refractivity contribution in [2.45, 2.75) is 71.9 Å². The fourth-order valence-corrected chi connectivity index (χ4v) is 5.46. The summed E-state index contributed by atoms with van der Waals surface area (Å²) in [5.41, 5.74) is 1.33. The van der Waals surface area contributed by atoms with Crippen molar-refractivity contribution in [3.63, 3.8) is 0 Å². The normalized spacial score (nSPS) is 11.9. The Labute approximate surface area is 263 Å². The van der Waals surface area contributed by atoms with Crippen molar-refractivity contribution in [3.8, 4) is 34.2 Å². The minimum Gasteiger partial charge on any atom is -0.494 e. The topological polar surface area (TPSA) is 39.5 Å². The lowest BCUT2D eigenvalue weighted by Crippen LogP contribution is -2.25. The van der Waals surface area contributed by atoms with Crippen molar-refractivity contribution in [2.24, 2.45) is 0 Å². The molecule has 9 heteroatoms. The zero-order valence-corrected chi connectivity index (χ0v) is 26.5. The van der Waals surface area contributed by atoms with E-state index in [4.69, 9.17) is 14.5 Å². The van der Waals surface area contributed by atoms with Gasteiger partial charge >= 0.3 is 6.18 Å². The van der Waals surface area contributed by atoms with E-state index in [0.717, 1.165) is 86.3 Å². The number of ether oxygens (including phenoxy) is 2. The standard InChI is InChI=1S/C36H43F4N3O2/c1-5-10-27(11-6-2)35-41-34(26-12-16-29(17-13-26)44-23-9-22-42(7-3)8-4)25-43(35)28-14-18-30(19-15-28)45-31-20-21-33(37)32(24-31)36(38,39)40/h12-21,24-25,27H,5-11,22-23H2,1-4H3. The van der Waals surface area contributed by atoms with Gasteiger partial charge in [0.25, 0.3) is 0 Å². The Morgan fingerprint density at radius 3 is 2.04 bits per heavy atom. The Morgan fingerprint density at radius 2 is 1.44 bits per heavy atom. The van der Waals surface area contributed by atoms with Gasteiger partial charge in [0.05, 0.1) is 17.9 Å². The second-order valence-corrected chi connectivity index (χ2v) is 11.1. The molecule has 0 radical (unpaired) electrons. The molecule has 0 amide bonds. The third-order valence-corrected chi connectivity index (χ3v) is 7.90. The van der Waals surface area contributed by atoms with Crippen LogP contribution in [0.3, 0.4) is 0 Å². The van der Waals surface area contributed by atoms with Crippen molar-refractivity contribution >= 4 is 0 Å². The average Bonchev–Trinajstić information content (AvgIpc) is 3.47. The monoisotopic (exact) mass is 625 g/mol. The highest BCUT2D eigenvalue weighted by Crippen LogP contribution is 2.36. The molecule has 0 saturated heterocycles. The second kappa shape index (κ2) is 15.9. The number of halogens is 4. The van der Waals surface area contributed by atoms with Gasteiger partial charge in [-0.2, -0.15) is 13.2 Å². The van der Waals surface area contributed by atoms with Gasteiger partial charge in [0.15, 0.2) is 0 Å². The van der Waals surface area contributed by atoms with E-state index < -0.39 is 17.6 Å². The van der Waals surface area contributed by atoms with Crippen LogP contribution in [0.15, 0.2) is 72.9 Å². The van der Waals surface area contributed by atoms with Crippen LogP contribution in [0.5, 0.6) is 17.2 Å². The molecule has 0 spiro atoms. The third kappa shape index (κ3) is 9.10. The summed E-state index contributed by atoms with van der Waals surface area (Å²) < 4.78 is 66.9. The number of hydrogen-bond acceptors (Lipinski definition) is 4. The number of aromatic nitrogens is 2. The number of hydrogen-bond donors (Lipinski definition) is 0. The van der Waals surface area contributed by atoms with Gasteiger partial charge in [-0.3, -0.25) is 0 Å². The molecule has 0 bridgehead atoms. The van der Waals surface area contributed by atoms with E-state index >= 15 is 0 Å². The Bertz CT molecular complexity index is 1470. The van der Waals surface area contributed by atoms with Crippen LogP contribution in [-0.2, 0) is 6.18 Å². The summed E-state index contributed by atoms with van der Waals surface area (Å²) in [6.07, 6.45) is 2.23. The van der Waals surface area contributed by atoms with Gasteiger partial charge in [-0.1, -0.05) is 40.5 Å². The molecule has 45 heavy (non-hydrogen) atoms. The first kappa shape index (κ1) is 34.0. The first-order valence-corrected chi connectivity index (χ1v) is 15.9. The summed E-state index contributed by atoms with van der Waals surface area (Å²) in [6.45, 7) is 12.4. The number of imidazole rings is 1. The molecule has 0 aliphatic carbocycles. The van der Waals surface area contributed by atoms with Gasteiger partial charge in [0, 0.05) is 29.9 Å². The molecule has 0 saturated carbocycles. The van der Waals surface area contributed by atoms with Crippen molar-refractivity contribution < 1.29 is 27.0 Å². The largest absolute Gasteiger partial charge is 0.494 e. The maximum Gasteiger partial charge on any atom is 0.419 e. The predicted molar refractivity (Wildman–Crippen MR) is 171 cm³/mol. The van der Waals surface area contributed by atoms with Crippen LogP contribution in [0.1, 0.15) is 77.1 Å². The molecule has 242 valence electrons. The molecule has 0 aliphatic heterocycles. The molecule has 3 aromatic carbocycles. The van der Waals surface area contributed by atoms with Crippen LogP contribution >= 0.6 is 0 Å². The van der Waals surface area contributed by atoms with Crippen molar-refractivity contribution in [1.29, 1.82) is 0 Å². The SMILES string of the molecule is CCCC(CCC)c1nc(-c2ccc(OCCCN(CC)CC)cc2)cn1-c1ccc(Oc2ccc(F)c(C(F)(F)F)c2)cc1. The van der Waals surface area contributed by atoms with E-state index in [-0.39, 0.29) is 11.7 Å². The summed E-state index contributed by atoms with van der Waals surface area (Å²) in [5, 5.41) is 0. The minimum atomic E-state index is -4.81. The zero-order chi connectivity index (χ0) is 32.4. The summed E-state index contributed by atoms with van der Waals surface area (Å²) in [7, 11) is 0. The van der Waals surface area contributed by atoms with Crippen molar-refractivity contribution in [2.75, 3.05) is 26.2 Å². The van der Waals surface area contributed by atoms with Crippen molar-refractivity contribution in [3.05, 3.63) is 90.1 Å². The third-order valence-electron chi connectivity index (χ3n) is 7.90. The lowest BCUT2D eigenvalue weighted by molar-refractivity contribution is -0.140. The lowest BCUT2D eigenvalue weighted by atomic mass is 9.97. The molecule has 0 fully saturated rings. The van der Waals surface area contributed by atoms with Crippen LogP contribution in [0.2, 0.25) is 0 Å². The first-order chi connectivity index (χ1) is 21.7. The van der Waals surface area contributed by atoms with Gasteiger partial charge in [0.2, 0.25) is 0 Å². The number of benzene rings is 3. The van der Waals surface area contributed by atoms with Gasteiger partial charge in [-0.15, -0.1) is 0 Å². The Kier molecular flexibility index (Phi) is 12.0. The number of nitrogens with zero attached hydrogens (tertiary/aromatic N) is 3. The quantitative estimate of drug-likeness (QED) is 0.0918. The van der Waals surface area contributed by atoms with E-state index in [0.29, 0.717) is 18.4 Å². The molecular weight excluding hydrogens is 582 g/mol. The molecule has 0 aliphatic rings. The molecule has 1 heterocycles. The predicted octanol–water partition coefficient (Wildman–Crippen LogP) is 10.3. The van der Waals surface area contributed by atoms with Crippen LogP contribution in [0.4, 0.5) is 17.6 Å². The summed E-state index contributed by atoms with van der Waals surface area (Å²) in [5.74, 6) is 0.962. The van der Waals surface area contributed by atoms with E-state index in [9.17, 15) is 17.6 Å². The Balaban J connectivity index is 1.55. The molecule has 5 nitrogen and oxygen atoms in total. The van der Waals surface area contributed by atoms with Gasteiger partial charge < -0.3 is 18.9 Å². The smallest absolute Gasteiger partial charge is 0.419 e. The summed E-state index contributed by atoms with van der Waals surface area (Å²) in [6, 6.07) is 17.7. The van der Waals surface area contributed by atoms with Gasteiger partial charge in [-0.25, -0.2) is 9.37 Å². The zero-order valence-electron chi connectivity index (χ0n) is 26.5. The lowest BCUT2D eigenvalue weighted by Gasteiger charge is -2.17. The summed E-state index contributed by atoms with van der Waals surface area (Å²) >= 11 is 0. The molecule has 4 aromatic rings. The van der Waals surface area contributed by atoms with Crippen LogP contribution in [0, 0.1) is 5.82 Å². The number of rotatable bonds is 16. The van der Waals surface area contributed by atoms with Crippen LogP contribution < -0.4 is 9.47 Å². The summed E-state index contributed by atoms with van der Waals surface area (Å²) in [4.78, 5) is 7.49. The van der Waals surface area contributed by atoms with Crippen molar-refractivity contribution in [1.82, 2.24) is 14.5 Å². The van der Waals surface area contributed by atoms with Gasteiger partial charge in [0.1, 0.15) is 28.9 Å². The van der Waals surface area contributed by atoms with E-state index in [1.54, 1.807) is 12.1 Å². The minimum absolute atomic E-state index is 0.0932. The molecule has 1 aromatic heterocycles. The average molecular weight is 626 g/mol. The van der Waals surface area contributed by atoms with E-state index in [1.165, 1.54) is 6.07 Å². The van der Waals surface area contributed by atoms with Crippen LogP contribution in [-0.4, -0.2) is 40.7 Å². The first-order valence-electron chi connectivity index (χ1n) is 15.9. The van der Waals surface area contributed by atoms with Gasteiger partial charge in [-0.05, 0) is 99.1 Å². The maximum atomic E-state index is 13.7. The highest BCUT2D eigenvalue weighted by atomic mass is 19.4. The molecular formula is C36H43F4N3O2. The Morgan fingerprint density at radius 1 is 0.822 bits per heavy atom. The van der Waals surface area contributed by atoms with E-state index in [1.807, 2.05) is 42.6 Å². The highest BCUT2D eigenvalue weighted by Gasteiger charge is 2.34. The van der Waals surface area contributed by atoms with Crippen LogP contribution in [0.25, 0.3) is 16.9 Å². The second-order valence-electron chi connectivity index (χ2n) is 11.1. The maximum absolute atomic E-state index is 13.7. The fraction of sp³-hybridized carbons (Fsp3) is 0.417. The molecule has 0 N–H and O–H groups in total. The highest BCUT2D eigenvalue weighted by molar-refractivity contribution is 5.61. The molecule has 0 atom stereocenters. The number of alkyl halides is 3. The van der Waals surface area contributed by atoms with E-state index in [2.05, 4.69) is 37.2 Å². The molecule has 0 unspecified atom stereocenters. The fourth-order valence-electron chi connectivity index (χ4n) is 5.46. The molecule has 4 rings (SSSR count).